The van der Waals surface area contributed by atoms with Crippen molar-refractivity contribution in [1.29, 1.82) is 0 Å². The Balaban J connectivity index is 1.76. The predicted octanol–water partition coefficient (Wildman–Crippen LogP) is 2.84. The predicted molar refractivity (Wildman–Crippen MR) is 89.4 cm³/mol. The smallest absolute Gasteiger partial charge is 0.0338 e. The van der Waals surface area contributed by atoms with E-state index in [0.29, 0.717) is 11.6 Å². The highest BCUT2D eigenvalue weighted by Gasteiger charge is 2.45. The first-order valence-electron chi connectivity index (χ1n) is 9.39. The summed E-state index contributed by atoms with van der Waals surface area (Å²) in [7, 11) is 0. The molecule has 122 valence electrons. The first-order chi connectivity index (χ1) is 10.2. The molecule has 2 aliphatic heterocycles. The Labute approximate surface area is 131 Å². The van der Waals surface area contributed by atoms with E-state index in [1.165, 1.54) is 71.0 Å². The average molecular weight is 293 g/mol. The van der Waals surface area contributed by atoms with Crippen LogP contribution in [0.25, 0.3) is 0 Å². The van der Waals surface area contributed by atoms with Crippen LogP contribution in [0.15, 0.2) is 0 Å². The molecule has 3 heteroatoms. The molecular formula is C18H35N3. The van der Waals surface area contributed by atoms with E-state index in [1.54, 1.807) is 0 Å². The van der Waals surface area contributed by atoms with Crippen LogP contribution in [0.5, 0.6) is 0 Å². The Morgan fingerprint density at radius 3 is 2.76 bits per heavy atom. The fourth-order valence-electron chi connectivity index (χ4n) is 5.39. The zero-order valence-corrected chi connectivity index (χ0v) is 14.2. The van der Waals surface area contributed by atoms with Crippen LogP contribution in [-0.4, -0.2) is 53.6 Å². The van der Waals surface area contributed by atoms with E-state index >= 15 is 0 Å². The Morgan fingerprint density at radius 2 is 2.00 bits per heavy atom. The molecule has 4 unspecified atom stereocenters. The summed E-state index contributed by atoms with van der Waals surface area (Å²) in [5.41, 5.74) is 6.67. The molecule has 0 radical (unpaired) electrons. The Hall–Kier alpha value is -0.120. The van der Waals surface area contributed by atoms with E-state index in [9.17, 15) is 0 Å². The number of rotatable bonds is 3. The number of piperazine rings is 1. The highest BCUT2D eigenvalue weighted by Crippen LogP contribution is 2.40. The SMILES string of the molecule is CCC1CCCC(CN)(N2CC3CCCCN3CC2C)C1. The molecule has 0 bridgehead atoms. The Bertz CT molecular complexity index is 345. The molecule has 3 rings (SSSR count). The lowest BCUT2D eigenvalue weighted by atomic mass is 9.72. The van der Waals surface area contributed by atoms with E-state index < -0.39 is 0 Å². The number of piperidine rings is 1. The highest BCUT2D eigenvalue weighted by molar-refractivity contribution is 5.02. The van der Waals surface area contributed by atoms with Crippen molar-refractivity contribution in [3.8, 4) is 0 Å². The van der Waals surface area contributed by atoms with Gasteiger partial charge in [-0.3, -0.25) is 9.80 Å². The van der Waals surface area contributed by atoms with Gasteiger partial charge in [0.2, 0.25) is 0 Å². The van der Waals surface area contributed by atoms with Crippen LogP contribution in [0, 0.1) is 5.92 Å². The quantitative estimate of drug-likeness (QED) is 0.868. The van der Waals surface area contributed by atoms with Gasteiger partial charge in [-0.25, -0.2) is 0 Å². The summed E-state index contributed by atoms with van der Waals surface area (Å²) in [5, 5.41) is 0. The summed E-state index contributed by atoms with van der Waals surface area (Å²) in [5.74, 6) is 0.902. The minimum Gasteiger partial charge on any atom is -0.329 e. The van der Waals surface area contributed by atoms with E-state index in [-0.39, 0.29) is 0 Å². The van der Waals surface area contributed by atoms with Crippen LogP contribution in [-0.2, 0) is 0 Å². The molecule has 21 heavy (non-hydrogen) atoms. The molecule has 2 saturated heterocycles. The lowest BCUT2D eigenvalue weighted by Crippen LogP contribution is -2.68. The zero-order chi connectivity index (χ0) is 14.9. The maximum absolute atomic E-state index is 6.36. The first-order valence-corrected chi connectivity index (χ1v) is 9.39. The van der Waals surface area contributed by atoms with Gasteiger partial charge < -0.3 is 5.73 Å². The number of nitrogens with two attached hydrogens (primary N) is 1. The lowest BCUT2D eigenvalue weighted by Gasteiger charge is -2.57. The highest BCUT2D eigenvalue weighted by atomic mass is 15.3. The second kappa shape index (κ2) is 6.55. The Kier molecular flexibility index (Phi) is 4.92. The van der Waals surface area contributed by atoms with Crippen LogP contribution < -0.4 is 5.73 Å². The van der Waals surface area contributed by atoms with Crippen molar-refractivity contribution in [2.24, 2.45) is 11.7 Å². The largest absolute Gasteiger partial charge is 0.329 e. The topological polar surface area (TPSA) is 32.5 Å². The maximum atomic E-state index is 6.36. The van der Waals surface area contributed by atoms with Crippen LogP contribution in [0.1, 0.15) is 65.2 Å². The molecule has 0 spiro atoms. The molecule has 0 aromatic rings. The normalized spacial score (nSPS) is 42.7. The van der Waals surface area contributed by atoms with Crippen molar-refractivity contribution in [2.45, 2.75) is 82.8 Å². The summed E-state index contributed by atoms with van der Waals surface area (Å²) in [6.45, 7) is 9.53. The number of hydrogen-bond donors (Lipinski definition) is 1. The summed E-state index contributed by atoms with van der Waals surface area (Å²) in [6, 6.07) is 1.49. The standard InChI is InChI=1S/C18H35N3/c1-3-16-7-6-9-18(11-16,14-19)21-13-17-8-4-5-10-20(17)12-15(21)2/h15-17H,3-14,19H2,1-2H3. The van der Waals surface area contributed by atoms with Crippen LogP contribution in [0.3, 0.4) is 0 Å². The molecule has 1 saturated carbocycles. The van der Waals surface area contributed by atoms with Crippen molar-refractivity contribution in [3.05, 3.63) is 0 Å². The molecule has 3 fully saturated rings. The summed E-state index contributed by atoms with van der Waals surface area (Å²) >= 11 is 0. The van der Waals surface area contributed by atoms with Gasteiger partial charge in [0.1, 0.15) is 0 Å². The lowest BCUT2D eigenvalue weighted by molar-refractivity contribution is -0.0661. The molecule has 3 nitrogen and oxygen atoms in total. The third-order valence-electron chi connectivity index (χ3n) is 6.68. The molecule has 0 aromatic heterocycles. The maximum Gasteiger partial charge on any atom is 0.0338 e. The second-order valence-electron chi connectivity index (χ2n) is 7.95. The van der Waals surface area contributed by atoms with Gasteiger partial charge in [-0.2, -0.15) is 0 Å². The monoisotopic (exact) mass is 293 g/mol. The van der Waals surface area contributed by atoms with Gasteiger partial charge in [0.25, 0.3) is 0 Å². The van der Waals surface area contributed by atoms with E-state index in [2.05, 4.69) is 23.6 Å². The minimum absolute atomic E-state index is 0.307. The van der Waals surface area contributed by atoms with Crippen LogP contribution in [0.2, 0.25) is 0 Å². The molecule has 0 amide bonds. The van der Waals surface area contributed by atoms with Gasteiger partial charge in [0.05, 0.1) is 0 Å². The van der Waals surface area contributed by atoms with E-state index in [0.717, 1.165) is 18.5 Å². The third kappa shape index (κ3) is 3.02. The van der Waals surface area contributed by atoms with Crippen molar-refractivity contribution < 1.29 is 0 Å². The molecule has 0 aromatic carbocycles. The van der Waals surface area contributed by atoms with Crippen molar-refractivity contribution in [1.82, 2.24) is 9.80 Å². The molecule has 2 N–H and O–H groups in total. The summed E-state index contributed by atoms with van der Waals surface area (Å²) in [4.78, 5) is 5.61. The van der Waals surface area contributed by atoms with Gasteiger partial charge in [-0.1, -0.05) is 32.6 Å². The zero-order valence-electron chi connectivity index (χ0n) is 14.2. The van der Waals surface area contributed by atoms with Crippen molar-refractivity contribution >= 4 is 0 Å². The number of nitrogens with zero attached hydrogens (tertiary/aromatic N) is 2. The molecule has 1 aliphatic carbocycles. The minimum atomic E-state index is 0.307. The van der Waals surface area contributed by atoms with Crippen molar-refractivity contribution in [2.75, 3.05) is 26.2 Å². The Morgan fingerprint density at radius 1 is 1.14 bits per heavy atom. The number of hydrogen-bond acceptors (Lipinski definition) is 3. The van der Waals surface area contributed by atoms with Crippen LogP contribution in [0.4, 0.5) is 0 Å². The van der Waals surface area contributed by atoms with Gasteiger partial charge in [-0.05, 0) is 45.1 Å². The summed E-state index contributed by atoms with van der Waals surface area (Å²) < 4.78 is 0. The fraction of sp³-hybridized carbons (Fsp3) is 1.00. The van der Waals surface area contributed by atoms with E-state index in [4.69, 9.17) is 5.73 Å². The van der Waals surface area contributed by atoms with Gasteiger partial charge in [0.15, 0.2) is 0 Å². The van der Waals surface area contributed by atoms with Gasteiger partial charge in [-0.15, -0.1) is 0 Å². The number of fused-ring (bicyclic) bond motifs is 1. The second-order valence-corrected chi connectivity index (χ2v) is 7.95. The third-order valence-corrected chi connectivity index (χ3v) is 6.68. The van der Waals surface area contributed by atoms with Crippen LogP contribution >= 0.6 is 0 Å². The molecular weight excluding hydrogens is 258 g/mol. The van der Waals surface area contributed by atoms with Crippen molar-refractivity contribution in [3.63, 3.8) is 0 Å². The van der Waals surface area contributed by atoms with Gasteiger partial charge in [0, 0.05) is 37.3 Å². The van der Waals surface area contributed by atoms with E-state index in [1.807, 2.05) is 0 Å². The molecule has 2 heterocycles. The fourth-order valence-corrected chi connectivity index (χ4v) is 5.39. The van der Waals surface area contributed by atoms with Gasteiger partial charge >= 0.3 is 0 Å². The average Bonchev–Trinajstić information content (AvgIpc) is 2.54. The molecule has 3 aliphatic rings. The summed E-state index contributed by atoms with van der Waals surface area (Å²) in [6.07, 6.45) is 11.1. The molecule has 4 atom stereocenters. The first kappa shape index (κ1) is 15.8.